The minimum Gasteiger partial charge on any atom is -0.325 e. The standard InChI is InChI=1S/C19H21FN2O2S/c1-12-4-7-17(10-13(12)2)21-18(23)11-25-14(3)19(24)22-16-8-5-15(20)6-9-16/h4-10,14H,11H2,1-3H3,(H,21,23)(H,22,24). The summed E-state index contributed by atoms with van der Waals surface area (Å²) >= 11 is 1.24. The van der Waals surface area contributed by atoms with Crippen LogP contribution in [-0.2, 0) is 9.59 Å². The normalized spacial score (nSPS) is 11.7. The predicted molar refractivity (Wildman–Crippen MR) is 101 cm³/mol. The van der Waals surface area contributed by atoms with Gasteiger partial charge in [-0.3, -0.25) is 9.59 Å². The van der Waals surface area contributed by atoms with E-state index in [2.05, 4.69) is 10.6 Å². The van der Waals surface area contributed by atoms with Gasteiger partial charge in [0.15, 0.2) is 0 Å². The molecule has 0 heterocycles. The van der Waals surface area contributed by atoms with E-state index in [0.29, 0.717) is 5.69 Å². The van der Waals surface area contributed by atoms with Crippen molar-refractivity contribution in [1.29, 1.82) is 0 Å². The maximum Gasteiger partial charge on any atom is 0.237 e. The van der Waals surface area contributed by atoms with Gasteiger partial charge in [0.25, 0.3) is 0 Å². The van der Waals surface area contributed by atoms with Gasteiger partial charge in [-0.1, -0.05) is 6.07 Å². The third-order valence-electron chi connectivity index (χ3n) is 3.74. The molecule has 0 aliphatic heterocycles. The van der Waals surface area contributed by atoms with Crippen molar-refractivity contribution in [3.63, 3.8) is 0 Å². The lowest BCUT2D eigenvalue weighted by Crippen LogP contribution is -2.25. The van der Waals surface area contributed by atoms with E-state index in [-0.39, 0.29) is 23.4 Å². The molecule has 0 fully saturated rings. The first-order valence-electron chi connectivity index (χ1n) is 7.90. The Hall–Kier alpha value is -2.34. The van der Waals surface area contributed by atoms with E-state index in [1.54, 1.807) is 6.92 Å². The Balaban J connectivity index is 1.80. The molecule has 0 aliphatic rings. The van der Waals surface area contributed by atoms with Crippen molar-refractivity contribution in [3.8, 4) is 0 Å². The van der Waals surface area contributed by atoms with Gasteiger partial charge in [-0.15, -0.1) is 11.8 Å². The molecule has 1 unspecified atom stereocenters. The van der Waals surface area contributed by atoms with Crippen LogP contribution in [0.25, 0.3) is 0 Å². The number of carbonyl (C=O) groups excluding carboxylic acids is 2. The number of rotatable bonds is 6. The average molecular weight is 360 g/mol. The van der Waals surface area contributed by atoms with Crippen LogP contribution in [0.2, 0.25) is 0 Å². The molecule has 0 saturated heterocycles. The molecule has 0 radical (unpaired) electrons. The summed E-state index contributed by atoms with van der Waals surface area (Å²) < 4.78 is 12.9. The third kappa shape index (κ3) is 5.90. The second-order valence-electron chi connectivity index (χ2n) is 5.80. The lowest BCUT2D eigenvalue weighted by atomic mass is 10.1. The summed E-state index contributed by atoms with van der Waals surface area (Å²) in [5.74, 6) is -0.570. The number of amides is 2. The highest BCUT2D eigenvalue weighted by atomic mass is 32.2. The highest BCUT2D eigenvalue weighted by molar-refractivity contribution is 8.01. The molecule has 132 valence electrons. The van der Waals surface area contributed by atoms with E-state index in [1.807, 2.05) is 32.0 Å². The Bertz CT molecular complexity index is 763. The molecule has 0 aliphatic carbocycles. The van der Waals surface area contributed by atoms with Crippen LogP contribution in [0.1, 0.15) is 18.1 Å². The van der Waals surface area contributed by atoms with Gasteiger partial charge in [0.2, 0.25) is 11.8 Å². The average Bonchev–Trinajstić information content (AvgIpc) is 2.58. The number of halogens is 1. The summed E-state index contributed by atoms with van der Waals surface area (Å²) in [6.07, 6.45) is 0. The number of nitrogens with one attached hydrogen (secondary N) is 2. The number of hydrogen-bond donors (Lipinski definition) is 2. The van der Waals surface area contributed by atoms with Crippen LogP contribution in [0.3, 0.4) is 0 Å². The largest absolute Gasteiger partial charge is 0.325 e. The van der Waals surface area contributed by atoms with Crippen molar-refractivity contribution in [2.45, 2.75) is 26.0 Å². The molecule has 2 N–H and O–H groups in total. The van der Waals surface area contributed by atoms with Gasteiger partial charge in [0, 0.05) is 11.4 Å². The number of aryl methyl sites for hydroxylation is 2. The number of hydrogen-bond acceptors (Lipinski definition) is 3. The predicted octanol–water partition coefficient (Wildman–Crippen LogP) is 4.14. The summed E-state index contributed by atoms with van der Waals surface area (Å²) in [6, 6.07) is 11.3. The third-order valence-corrected chi connectivity index (χ3v) is 4.88. The number of benzene rings is 2. The van der Waals surface area contributed by atoms with Crippen LogP contribution in [0.5, 0.6) is 0 Å². The quantitative estimate of drug-likeness (QED) is 0.814. The minimum atomic E-state index is -0.407. The highest BCUT2D eigenvalue weighted by Gasteiger charge is 2.15. The molecule has 2 amide bonds. The molecule has 0 bridgehead atoms. The monoisotopic (exact) mass is 360 g/mol. The zero-order chi connectivity index (χ0) is 18.4. The summed E-state index contributed by atoms with van der Waals surface area (Å²) in [4.78, 5) is 24.1. The summed E-state index contributed by atoms with van der Waals surface area (Å²) in [6.45, 7) is 5.73. The molecule has 2 aromatic rings. The molecule has 0 aromatic heterocycles. The zero-order valence-corrected chi connectivity index (χ0v) is 15.2. The van der Waals surface area contributed by atoms with E-state index >= 15 is 0 Å². The fourth-order valence-electron chi connectivity index (χ4n) is 2.07. The first-order chi connectivity index (χ1) is 11.8. The molecule has 1 atom stereocenters. The lowest BCUT2D eigenvalue weighted by Gasteiger charge is -2.12. The van der Waals surface area contributed by atoms with Crippen molar-refractivity contribution in [1.82, 2.24) is 0 Å². The van der Waals surface area contributed by atoms with Crippen molar-refractivity contribution in [2.24, 2.45) is 0 Å². The topological polar surface area (TPSA) is 58.2 Å². The summed E-state index contributed by atoms with van der Waals surface area (Å²) in [5.41, 5.74) is 3.55. The summed E-state index contributed by atoms with van der Waals surface area (Å²) in [5, 5.41) is 5.12. The second kappa shape index (κ2) is 8.67. The summed E-state index contributed by atoms with van der Waals surface area (Å²) in [7, 11) is 0. The van der Waals surface area contributed by atoms with Crippen LogP contribution in [0.15, 0.2) is 42.5 Å². The van der Waals surface area contributed by atoms with Gasteiger partial charge >= 0.3 is 0 Å². The maximum atomic E-state index is 12.9. The van der Waals surface area contributed by atoms with Gasteiger partial charge < -0.3 is 10.6 Å². The van der Waals surface area contributed by atoms with Gasteiger partial charge in [-0.05, 0) is 68.3 Å². The number of anilines is 2. The molecule has 2 rings (SSSR count). The molecule has 0 spiro atoms. The Morgan fingerprint density at radius 2 is 1.64 bits per heavy atom. The van der Waals surface area contributed by atoms with Crippen LogP contribution in [-0.4, -0.2) is 22.8 Å². The van der Waals surface area contributed by atoms with Crippen molar-refractivity contribution >= 4 is 35.0 Å². The Labute approximate surface area is 151 Å². The smallest absolute Gasteiger partial charge is 0.237 e. The van der Waals surface area contributed by atoms with Crippen molar-refractivity contribution in [3.05, 3.63) is 59.4 Å². The van der Waals surface area contributed by atoms with E-state index in [1.165, 1.54) is 41.6 Å². The number of thioether (sulfide) groups is 1. The fourth-order valence-corrected chi connectivity index (χ4v) is 2.75. The second-order valence-corrected chi connectivity index (χ2v) is 7.13. The van der Waals surface area contributed by atoms with Gasteiger partial charge in [0.1, 0.15) is 5.82 Å². The molecule has 25 heavy (non-hydrogen) atoms. The first kappa shape index (κ1) is 19.0. The van der Waals surface area contributed by atoms with Gasteiger partial charge in [0.05, 0.1) is 11.0 Å². The highest BCUT2D eigenvalue weighted by Crippen LogP contribution is 2.17. The molecule has 6 heteroatoms. The molecular formula is C19H21FN2O2S. The fraction of sp³-hybridized carbons (Fsp3) is 0.263. The van der Waals surface area contributed by atoms with E-state index in [0.717, 1.165) is 11.3 Å². The maximum absolute atomic E-state index is 12.9. The van der Waals surface area contributed by atoms with Crippen LogP contribution < -0.4 is 10.6 Å². The molecule has 0 saturated carbocycles. The first-order valence-corrected chi connectivity index (χ1v) is 8.95. The minimum absolute atomic E-state index is 0.158. The van der Waals surface area contributed by atoms with Crippen molar-refractivity contribution < 1.29 is 14.0 Å². The van der Waals surface area contributed by atoms with E-state index in [4.69, 9.17) is 0 Å². The van der Waals surface area contributed by atoms with Crippen LogP contribution in [0.4, 0.5) is 15.8 Å². The van der Waals surface area contributed by atoms with Crippen molar-refractivity contribution in [2.75, 3.05) is 16.4 Å². The van der Waals surface area contributed by atoms with Crippen LogP contribution in [0, 0.1) is 19.7 Å². The van der Waals surface area contributed by atoms with E-state index < -0.39 is 5.25 Å². The Morgan fingerprint density at radius 3 is 2.28 bits per heavy atom. The molecule has 4 nitrogen and oxygen atoms in total. The van der Waals surface area contributed by atoms with Crippen LogP contribution >= 0.6 is 11.8 Å². The van der Waals surface area contributed by atoms with E-state index in [9.17, 15) is 14.0 Å². The zero-order valence-electron chi connectivity index (χ0n) is 14.4. The Kier molecular flexibility index (Phi) is 6.58. The SMILES string of the molecule is Cc1ccc(NC(=O)CSC(C)C(=O)Nc2ccc(F)cc2)cc1C. The lowest BCUT2D eigenvalue weighted by molar-refractivity contribution is -0.115. The van der Waals surface area contributed by atoms with Gasteiger partial charge in [-0.2, -0.15) is 0 Å². The molecule has 2 aromatic carbocycles. The number of carbonyl (C=O) groups is 2. The molecular weight excluding hydrogens is 339 g/mol. The Morgan fingerprint density at radius 1 is 1.00 bits per heavy atom. The van der Waals surface area contributed by atoms with Gasteiger partial charge in [-0.25, -0.2) is 4.39 Å².